The summed E-state index contributed by atoms with van der Waals surface area (Å²) in [6, 6.07) is -0.338. The molecule has 0 aliphatic rings. The summed E-state index contributed by atoms with van der Waals surface area (Å²) < 4.78 is 5.22. The zero-order chi connectivity index (χ0) is 14.5. The zero-order valence-electron chi connectivity index (χ0n) is 12.6. The average molecular weight is 271 g/mol. The second-order valence-corrected chi connectivity index (χ2v) is 5.12. The van der Waals surface area contributed by atoms with Gasteiger partial charge in [-0.2, -0.15) is 0 Å². The summed E-state index contributed by atoms with van der Waals surface area (Å²) in [5.41, 5.74) is 8.40. The van der Waals surface area contributed by atoms with E-state index in [0.29, 0.717) is 6.42 Å². The normalized spacial score (nSPS) is 15.6. The highest BCUT2D eigenvalue weighted by Gasteiger charge is 2.23. The Kier molecular flexibility index (Phi) is 11.8. The van der Waals surface area contributed by atoms with Gasteiger partial charge in [-0.3, -0.25) is 0 Å². The van der Waals surface area contributed by atoms with E-state index in [1.54, 1.807) is 14.0 Å². The van der Waals surface area contributed by atoms with Crippen molar-refractivity contribution in [1.82, 2.24) is 0 Å². The molecule has 0 spiro atoms. The third kappa shape index (κ3) is 8.87. The molecule has 0 aromatic carbocycles. The molecule has 0 rings (SSSR count). The quantitative estimate of drug-likeness (QED) is 0.250. The van der Waals surface area contributed by atoms with E-state index < -0.39 is 12.2 Å². The van der Waals surface area contributed by atoms with Crippen molar-refractivity contribution in [1.29, 1.82) is 0 Å². The highest BCUT2D eigenvalue weighted by atomic mass is 16.5. The lowest BCUT2D eigenvalue weighted by Crippen LogP contribution is -2.36. The lowest BCUT2D eigenvalue weighted by Gasteiger charge is -2.24. The van der Waals surface area contributed by atoms with Crippen molar-refractivity contribution < 1.29 is 9.84 Å². The van der Waals surface area contributed by atoms with Crippen molar-refractivity contribution >= 4 is 0 Å². The third-order valence-corrected chi connectivity index (χ3v) is 3.46. The van der Waals surface area contributed by atoms with Crippen LogP contribution in [-0.2, 0) is 4.74 Å². The zero-order valence-corrected chi connectivity index (χ0v) is 12.6. The van der Waals surface area contributed by atoms with Gasteiger partial charge in [0.25, 0.3) is 0 Å². The van der Waals surface area contributed by atoms with Crippen molar-refractivity contribution in [2.75, 3.05) is 7.11 Å². The number of azide groups is 1. The second-order valence-electron chi connectivity index (χ2n) is 5.12. The van der Waals surface area contributed by atoms with E-state index in [1.165, 1.54) is 32.1 Å². The molecule has 0 aliphatic carbocycles. The fourth-order valence-electron chi connectivity index (χ4n) is 2.30. The molecule has 0 saturated heterocycles. The number of rotatable bonds is 12. The minimum absolute atomic E-state index is 0.338. The maximum Gasteiger partial charge on any atom is 0.0911 e. The fraction of sp³-hybridized carbons (Fsp3) is 1.00. The Bertz CT molecular complexity index is 255. The SMILES string of the molecule is CCCCCCCCCC(O)C(OC)C(C)N=[N+]=[N-]. The fourth-order valence-corrected chi connectivity index (χ4v) is 2.30. The van der Waals surface area contributed by atoms with Crippen LogP contribution in [-0.4, -0.2) is 30.5 Å². The van der Waals surface area contributed by atoms with E-state index >= 15 is 0 Å². The molecule has 0 amide bonds. The Labute approximate surface area is 117 Å². The predicted molar refractivity (Wildman–Crippen MR) is 78.0 cm³/mol. The van der Waals surface area contributed by atoms with Gasteiger partial charge in [0.05, 0.1) is 18.2 Å². The number of aliphatic hydroxyl groups is 1. The maximum absolute atomic E-state index is 10.0. The van der Waals surface area contributed by atoms with Crippen LogP contribution < -0.4 is 0 Å². The number of hydrogen-bond donors (Lipinski definition) is 1. The van der Waals surface area contributed by atoms with Gasteiger partial charge in [0, 0.05) is 12.0 Å². The van der Waals surface area contributed by atoms with Gasteiger partial charge in [0.15, 0.2) is 0 Å². The molecule has 5 heteroatoms. The minimum atomic E-state index is -0.554. The molecule has 112 valence electrons. The average Bonchev–Trinajstić information content (AvgIpc) is 2.39. The van der Waals surface area contributed by atoms with Crippen LogP contribution in [0, 0.1) is 0 Å². The largest absolute Gasteiger partial charge is 0.390 e. The van der Waals surface area contributed by atoms with Gasteiger partial charge >= 0.3 is 0 Å². The van der Waals surface area contributed by atoms with Crippen LogP contribution in [0.1, 0.15) is 65.2 Å². The number of aliphatic hydroxyl groups excluding tert-OH is 1. The van der Waals surface area contributed by atoms with E-state index in [-0.39, 0.29) is 6.04 Å². The number of hydrogen-bond acceptors (Lipinski definition) is 3. The topological polar surface area (TPSA) is 78.2 Å². The minimum Gasteiger partial charge on any atom is -0.390 e. The van der Waals surface area contributed by atoms with Crippen LogP contribution in [0.25, 0.3) is 10.4 Å². The first-order valence-corrected chi connectivity index (χ1v) is 7.42. The highest BCUT2D eigenvalue weighted by Crippen LogP contribution is 2.15. The smallest absolute Gasteiger partial charge is 0.0911 e. The Balaban J connectivity index is 3.76. The van der Waals surface area contributed by atoms with E-state index in [1.807, 2.05) is 0 Å². The molecular weight excluding hydrogens is 242 g/mol. The number of unbranched alkanes of at least 4 members (excludes halogenated alkanes) is 6. The molecule has 0 radical (unpaired) electrons. The van der Waals surface area contributed by atoms with Gasteiger partial charge in [0.2, 0.25) is 0 Å². The number of nitrogens with zero attached hydrogens (tertiary/aromatic N) is 3. The highest BCUT2D eigenvalue weighted by molar-refractivity contribution is 4.79. The van der Waals surface area contributed by atoms with Crippen LogP contribution in [0.2, 0.25) is 0 Å². The summed E-state index contributed by atoms with van der Waals surface area (Å²) in [5.74, 6) is 0. The molecule has 5 nitrogen and oxygen atoms in total. The summed E-state index contributed by atoms with van der Waals surface area (Å²) in [7, 11) is 1.54. The van der Waals surface area contributed by atoms with Crippen molar-refractivity contribution in [3.63, 3.8) is 0 Å². The first kappa shape index (κ1) is 18.2. The van der Waals surface area contributed by atoms with Gasteiger partial charge in [-0.05, 0) is 12.0 Å². The molecule has 0 saturated carbocycles. The lowest BCUT2D eigenvalue weighted by atomic mass is 10.0. The standard InChI is InChI=1S/C14H29N3O2/c1-4-5-6-7-8-9-10-11-13(18)14(19-3)12(2)16-17-15/h12-14,18H,4-11H2,1-3H3. The molecule has 1 N–H and O–H groups in total. The molecule has 0 fully saturated rings. The number of methoxy groups -OCH3 is 1. The molecule has 0 aliphatic heterocycles. The van der Waals surface area contributed by atoms with Crippen molar-refractivity contribution in [3.8, 4) is 0 Å². The summed E-state index contributed by atoms with van der Waals surface area (Å²) in [5, 5.41) is 13.6. The molecule has 3 atom stereocenters. The summed E-state index contributed by atoms with van der Waals surface area (Å²) in [4.78, 5) is 2.76. The summed E-state index contributed by atoms with van der Waals surface area (Å²) >= 11 is 0. The monoisotopic (exact) mass is 271 g/mol. The van der Waals surface area contributed by atoms with E-state index in [2.05, 4.69) is 16.9 Å². The van der Waals surface area contributed by atoms with Crippen molar-refractivity contribution in [2.45, 2.75) is 83.5 Å². The van der Waals surface area contributed by atoms with Gasteiger partial charge in [-0.25, -0.2) is 0 Å². The molecule has 3 unspecified atom stereocenters. The van der Waals surface area contributed by atoms with E-state index in [0.717, 1.165) is 12.8 Å². The van der Waals surface area contributed by atoms with Gasteiger partial charge in [-0.15, -0.1) is 0 Å². The molecule has 0 aromatic heterocycles. The Morgan fingerprint density at radius 2 is 1.74 bits per heavy atom. The van der Waals surface area contributed by atoms with Crippen LogP contribution in [0.3, 0.4) is 0 Å². The molecule has 19 heavy (non-hydrogen) atoms. The predicted octanol–water partition coefficient (Wildman–Crippen LogP) is 4.20. The number of ether oxygens (including phenoxy) is 1. The van der Waals surface area contributed by atoms with Crippen molar-refractivity contribution in [2.24, 2.45) is 5.11 Å². The summed E-state index contributed by atoms with van der Waals surface area (Å²) in [6.07, 6.45) is 8.30. The van der Waals surface area contributed by atoms with Crippen LogP contribution in [0.15, 0.2) is 5.11 Å². The van der Waals surface area contributed by atoms with Gasteiger partial charge < -0.3 is 9.84 Å². The Hall–Kier alpha value is -0.770. The van der Waals surface area contributed by atoms with Gasteiger partial charge in [-0.1, -0.05) is 63.9 Å². The van der Waals surface area contributed by atoms with Gasteiger partial charge in [0.1, 0.15) is 0 Å². The molecule has 0 heterocycles. The Morgan fingerprint density at radius 1 is 1.16 bits per heavy atom. The van der Waals surface area contributed by atoms with Crippen molar-refractivity contribution in [3.05, 3.63) is 10.4 Å². The molecular formula is C14H29N3O2. The van der Waals surface area contributed by atoms with Crippen LogP contribution in [0.5, 0.6) is 0 Å². The first-order valence-electron chi connectivity index (χ1n) is 7.42. The molecule has 0 aromatic rings. The first-order chi connectivity index (χ1) is 9.17. The van der Waals surface area contributed by atoms with Crippen LogP contribution >= 0.6 is 0 Å². The van der Waals surface area contributed by atoms with E-state index in [9.17, 15) is 5.11 Å². The third-order valence-electron chi connectivity index (χ3n) is 3.46. The molecule has 0 bridgehead atoms. The van der Waals surface area contributed by atoms with E-state index in [4.69, 9.17) is 10.3 Å². The Morgan fingerprint density at radius 3 is 2.26 bits per heavy atom. The lowest BCUT2D eigenvalue weighted by molar-refractivity contribution is -0.0271. The maximum atomic E-state index is 10.0. The van der Waals surface area contributed by atoms with Crippen LogP contribution in [0.4, 0.5) is 0 Å². The summed E-state index contributed by atoms with van der Waals surface area (Å²) in [6.45, 7) is 3.98. The second kappa shape index (κ2) is 12.3.